The zero-order valence-electron chi connectivity index (χ0n) is 13.9. The zero-order valence-corrected chi connectivity index (χ0v) is 13.9. The molecule has 0 spiro atoms. The van der Waals surface area contributed by atoms with Gasteiger partial charge < -0.3 is 5.32 Å². The lowest BCUT2D eigenvalue weighted by molar-refractivity contribution is -0.137. The molecule has 1 aliphatic rings. The van der Waals surface area contributed by atoms with Crippen LogP contribution >= 0.6 is 0 Å². The van der Waals surface area contributed by atoms with Crippen molar-refractivity contribution < 1.29 is 18.0 Å². The van der Waals surface area contributed by atoms with Gasteiger partial charge in [0.15, 0.2) is 5.78 Å². The molecule has 0 saturated carbocycles. The van der Waals surface area contributed by atoms with Gasteiger partial charge in [-0.2, -0.15) is 13.2 Å². The highest BCUT2D eigenvalue weighted by atomic mass is 19.4. The number of halogens is 3. The van der Waals surface area contributed by atoms with Crippen LogP contribution in [0.4, 0.5) is 13.2 Å². The van der Waals surface area contributed by atoms with Crippen LogP contribution in [0.2, 0.25) is 0 Å². The van der Waals surface area contributed by atoms with Crippen molar-refractivity contribution in [2.45, 2.75) is 32.0 Å². The maximum atomic E-state index is 13.2. The molecule has 0 amide bonds. The molecule has 5 heteroatoms. The second kappa shape index (κ2) is 6.06. The van der Waals surface area contributed by atoms with Crippen LogP contribution in [0, 0.1) is 0 Å². The second-order valence-corrected chi connectivity index (χ2v) is 6.81. The molecule has 2 nitrogen and oxygen atoms in total. The topological polar surface area (TPSA) is 29.1 Å². The Hall–Kier alpha value is -2.56. The monoisotopic (exact) mass is 345 g/mol. The summed E-state index contributed by atoms with van der Waals surface area (Å²) >= 11 is 0. The van der Waals surface area contributed by atoms with Gasteiger partial charge in [0.25, 0.3) is 0 Å². The third-order valence-corrected chi connectivity index (χ3v) is 4.19. The minimum atomic E-state index is -4.57. The van der Waals surface area contributed by atoms with Crippen molar-refractivity contribution in [2.75, 3.05) is 0 Å². The summed E-state index contributed by atoms with van der Waals surface area (Å²) in [6.45, 7) is 3.98. The minimum absolute atomic E-state index is 0.288. The van der Waals surface area contributed by atoms with E-state index < -0.39 is 17.5 Å². The Bertz CT molecular complexity index is 850. The Kier molecular flexibility index (Phi) is 4.19. The van der Waals surface area contributed by atoms with Gasteiger partial charge in [-0.15, -0.1) is 0 Å². The van der Waals surface area contributed by atoms with E-state index in [1.165, 1.54) is 24.3 Å². The van der Waals surface area contributed by atoms with Gasteiger partial charge in [0.05, 0.1) is 5.56 Å². The Morgan fingerprint density at radius 1 is 1.08 bits per heavy atom. The van der Waals surface area contributed by atoms with Gasteiger partial charge >= 0.3 is 6.18 Å². The summed E-state index contributed by atoms with van der Waals surface area (Å²) in [5, 5.41) is 3.27. The number of alkyl halides is 3. The lowest BCUT2D eigenvalue weighted by Gasteiger charge is -2.35. The summed E-state index contributed by atoms with van der Waals surface area (Å²) in [5.41, 5.74) is 0.914. The van der Waals surface area contributed by atoms with E-state index in [0.717, 1.165) is 23.6 Å². The van der Waals surface area contributed by atoms with Crippen molar-refractivity contribution in [3.63, 3.8) is 0 Å². The molecule has 0 aliphatic carbocycles. The number of fused-ring (bicyclic) bond motifs is 1. The van der Waals surface area contributed by atoms with E-state index in [2.05, 4.69) is 5.32 Å². The molecule has 2 aromatic carbocycles. The number of hydrogen-bond acceptors (Lipinski definition) is 2. The molecule has 3 rings (SSSR count). The van der Waals surface area contributed by atoms with Crippen LogP contribution in [0.1, 0.15) is 40.9 Å². The number of carbonyl (C=O) groups is 1. The van der Waals surface area contributed by atoms with Crippen LogP contribution in [0.3, 0.4) is 0 Å². The first-order valence-electron chi connectivity index (χ1n) is 7.96. The Morgan fingerprint density at radius 2 is 1.72 bits per heavy atom. The number of hydrogen-bond donors (Lipinski definition) is 1. The predicted octanol–water partition coefficient (Wildman–Crippen LogP) is 4.85. The number of allylic oxidation sites excluding steroid dienone is 1. The molecule has 0 saturated heterocycles. The second-order valence-electron chi connectivity index (χ2n) is 6.81. The normalized spacial score (nSPS) is 17.7. The molecule has 0 radical (unpaired) electrons. The maximum Gasteiger partial charge on any atom is 0.417 e. The Morgan fingerprint density at radius 3 is 2.44 bits per heavy atom. The van der Waals surface area contributed by atoms with Crippen molar-refractivity contribution in [3.05, 3.63) is 76.9 Å². The molecule has 0 bridgehead atoms. The first kappa shape index (κ1) is 17.3. The molecule has 1 N–H and O–H groups in total. The quantitative estimate of drug-likeness (QED) is 0.622. The summed E-state index contributed by atoms with van der Waals surface area (Å²) in [7, 11) is 0. The van der Waals surface area contributed by atoms with Gasteiger partial charge in [0.1, 0.15) is 0 Å². The van der Waals surface area contributed by atoms with Crippen LogP contribution in [0.25, 0.3) is 5.70 Å². The first-order chi connectivity index (χ1) is 11.7. The molecule has 1 aliphatic heterocycles. The number of ketones is 1. The average Bonchev–Trinajstić information content (AvgIpc) is 2.53. The minimum Gasteiger partial charge on any atom is -0.379 e. The number of nitrogens with one attached hydrogen (secondary N) is 1. The lowest BCUT2D eigenvalue weighted by atomic mass is 9.85. The molecule has 1 heterocycles. The first-order valence-corrected chi connectivity index (χ1v) is 7.96. The van der Waals surface area contributed by atoms with Crippen LogP contribution in [-0.2, 0) is 12.6 Å². The van der Waals surface area contributed by atoms with Gasteiger partial charge in [0.2, 0.25) is 0 Å². The van der Waals surface area contributed by atoms with E-state index in [-0.39, 0.29) is 11.1 Å². The van der Waals surface area contributed by atoms with E-state index in [9.17, 15) is 18.0 Å². The van der Waals surface area contributed by atoms with Crippen molar-refractivity contribution in [2.24, 2.45) is 0 Å². The fraction of sp³-hybridized carbons (Fsp3) is 0.250. The van der Waals surface area contributed by atoms with E-state index in [1.54, 1.807) is 0 Å². The zero-order chi connectivity index (χ0) is 18.2. The van der Waals surface area contributed by atoms with Gasteiger partial charge in [-0.1, -0.05) is 42.5 Å². The highest BCUT2D eigenvalue weighted by Crippen LogP contribution is 2.33. The van der Waals surface area contributed by atoms with E-state index >= 15 is 0 Å². The molecule has 130 valence electrons. The SMILES string of the molecule is CC1(C)Cc2ccccc2C(=CC(=O)c2ccccc2C(F)(F)F)N1. The van der Waals surface area contributed by atoms with Crippen LogP contribution in [-0.4, -0.2) is 11.3 Å². The molecule has 2 aromatic rings. The molecule has 0 unspecified atom stereocenters. The number of carbonyl (C=O) groups excluding carboxylic acids is 1. The van der Waals surface area contributed by atoms with Crippen molar-refractivity contribution in [1.29, 1.82) is 0 Å². The molecule has 0 aromatic heterocycles. The van der Waals surface area contributed by atoms with E-state index in [1.807, 2.05) is 38.1 Å². The van der Waals surface area contributed by atoms with Crippen molar-refractivity contribution in [1.82, 2.24) is 5.32 Å². The highest BCUT2D eigenvalue weighted by Gasteiger charge is 2.35. The fourth-order valence-corrected chi connectivity index (χ4v) is 3.16. The average molecular weight is 345 g/mol. The molecular weight excluding hydrogens is 327 g/mol. The van der Waals surface area contributed by atoms with Crippen molar-refractivity contribution in [3.8, 4) is 0 Å². The van der Waals surface area contributed by atoms with Crippen LogP contribution < -0.4 is 5.32 Å². The molecule has 25 heavy (non-hydrogen) atoms. The highest BCUT2D eigenvalue weighted by molar-refractivity contribution is 6.09. The summed E-state index contributed by atoms with van der Waals surface area (Å²) in [5.74, 6) is -0.664. The summed E-state index contributed by atoms with van der Waals surface area (Å²) in [6, 6.07) is 12.5. The van der Waals surface area contributed by atoms with Gasteiger partial charge in [-0.3, -0.25) is 4.79 Å². The smallest absolute Gasteiger partial charge is 0.379 e. The third-order valence-electron chi connectivity index (χ3n) is 4.19. The largest absolute Gasteiger partial charge is 0.417 e. The molecular formula is C20H18F3NO. The summed E-state index contributed by atoms with van der Waals surface area (Å²) in [6.07, 6.45) is -2.53. The molecule has 0 atom stereocenters. The number of rotatable bonds is 2. The van der Waals surface area contributed by atoms with Gasteiger partial charge in [-0.05, 0) is 31.9 Å². The Labute approximate surface area is 144 Å². The van der Waals surface area contributed by atoms with Gasteiger partial charge in [0, 0.05) is 28.4 Å². The molecule has 0 fully saturated rings. The fourth-order valence-electron chi connectivity index (χ4n) is 3.16. The summed E-state index contributed by atoms with van der Waals surface area (Å²) < 4.78 is 39.5. The van der Waals surface area contributed by atoms with E-state index in [0.29, 0.717) is 5.70 Å². The van der Waals surface area contributed by atoms with Crippen LogP contribution in [0.15, 0.2) is 54.6 Å². The predicted molar refractivity (Wildman–Crippen MR) is 91.1 cm³/mol. The lowest BCUT2D eigenvalue weighted by Crippen LogP contribution is -2.43. The van der Waals surface area contributed by atoms with Gasteiger partial charge in [-0.25, -0.2) is 0 Å². The van der Waals surface area contributed by atoms with Crippen LogP contribution in [0.5, 0.6) is 0 Å². The van der Waals surface area contributed by atoms with E-state index in [4.69, 9.17) is 0 Å². The maximum absolute atomic E-state index is 13.2. The number of benzene rings is 2. The van der Waals surface area contributed by atoms with Crippen molar-refractivity contribution >= 4 is 11.5 Å². The summed E-state index contributed by atoms with van der Waals surface area (Å²) in [4.78, 5) is 12.6. The third kappa shape index (κ3) is 3.60. The Balaban J connectivity index is 2.06. The standard InChI is InChI=1S/C20H18F3NO/c1-19(2)12-13-7-3-4-8-14(13)17(24-19)11-18(25)15-9-5-6-10-16(15)20(21,22)23/h3-11,24H,12H2,1-2H3.